The first kappa shape index (κ1) is 13.1. The number of β-amino-alcohol motifs (C(OH)–C–C–N with tert-alkyl or cyclic N) is 2. The van der Waals surface area contributed by atoms with Crippen molar-refractivity contribution in [3.63, 3.8) is 0 Å². The number of hydrogen-bond acceptors (Lipinski definition) is 3. The van der Waals surface area contributed by atoms with Gasteiger partial charge >= 0.3 is 0 Å². The molecule has 1 aliphatic heterocycles. The molecule has 1 aliphatic rings. The Morgan fingerprint density at radius 1 is 1.33 bits per heavy atom. The summed E-state index contributed by atoms with van der Waals surface area (Å²) in [7, 11) is 0. The van der Waals surface area contributed by atoms with Crippen molar-refractivity contribution >= 4 is 5.91 Å². The van der Waals surface area contributed by atoms with Crippen LogP contribution >= 0.6 is 0 Å². The fraction of sp³-hybridized carbons (Fsp3) is 0.500. The van der Waals surface area contributed by atoms with Gasteiger partial charge in [0, 0.05) is 19.5 Å². The van der Waals surface area contributed by atoms with Gasteiger partial charge in [0.15, 0.2) is 0 Å². The van der Waals surface area contributed by atoms with Gasteiger partial charge in [0.05, 0.1) is 12.2 Å². The molecule has 4 heteroatoms. The molecule has 0 saturated carbocycles. The lowest BCUT2D eigenvalue weighted by Crippen LogP contribution is -2.29. The van der Waals surface area contributed by atoms with Crippen molar-refractivity contribution in [2.45, 2.75) is 32.0 Å². The summed E-state index contributed by atoms with van der Waals surface area (Å²) in [4.78, 5) is 13.4. The molecule has 2 N–H and O–H groups in total. The molecule has 18 heavy (non-hydrogen) atoms. The van der Waals surface area contributed by atoms with Crippen LogP contribution in [0.4, 0.5) is 0 Å². The SMILES string of the molecule is Cc1cccc(CCC(=O)N2C[C@@H](O)[C@@H](O)C2)c1. The van der Waals surface area contributed by atoms with Crippen molar-refractivity contribution in [1.29, 1.82) is 0 Å². The maximum Gasteiger partial charge on any atom is 0.223 e. The highest BCUT2D eigenvalue weighted by Gasteiger charge is 2.31. The number of benzene rings is 1. The molecule has 1 saturated heterocycles. The Morgan fingerprint density at radius 2 is 2.00 bits per heavy atom. The lowest BCUT2D eigenvalue weighted by Gasteiger charge is -2.15. The molecule has 1 fully saturated rings. The molecular weight excluding hydrogens is 230 g/mol. The highest BCUT2D eigenvalue weighted by molar-refractivity contribution is 5.76. The number of aliphatic hydroxyl groups is 2. The number of likely N-dealkylation sites (tertiary alicyclic amines) is 1. The van der Waals surface area contributed by atoms with E-state index in [4.69, 9.17) is 0 Å². The van der Waals surface area contributed by atoms with Crippen molar-refractivity contribution < 1.29 is 15.0 Å². The van der Waals surface area contributed by atoms with Gasteiger partial charge in [-0.25, -0.2) is 0 Å². The zero-order chi connectivity index (χ0) is 13.1. The topological polar surface area (TPSA) is 60.8 Å². The Balaban J connectivity index is 1.85. The number of aryl methyl sites for hydroxylation is 2. The lowest BCUT2D eigenvalue weighted by molar-refractivity contribution is -0.130. The van der Waals surface area contributed by atoms with Crippen LogP contribution < -0.4 is 0 Å². The normalized spacial score (nSPS) is 23.4. The summed E-state index contributed by atoms with van der Waals surface area (Å²) in [5.74, 6) is -0.00731. The Labute approximate surface area is 107 Å². The van der Waals surface area contributed by atoms with E-state index in [1.807, 2.05) is 25.1 Å². The van der Waals surface area contributed by atoms with Crippen LogP contribution in [-0.2, 0) is 11.2 Å². The van der Waals surface area contributed by atoms with Gasteiger partial charge in [0.1, 0.15) is 0 Å². The summed E-state index contributed by atoms with van der Waals surface area (Å²) in [6.07, 6.45) is -0.479. The van der Waals surface area contributed by atoms with Crippen LogP contribution in [0.25, 0.3) is 0 Å². The Hall–Kier alpha value is -1.39. The zero-order valence-corrected chi connectivity index (χ0v) is 10.5. The van der Waals surface area contributed by atoms with E-state index in [9.17, 15) is 15.0 Å². The standard InChI is InChI=1S/C14H19NO3/c1-10-3-2-4-11(7-10)5-6-14(18)15-8-12(16)13(17)9-15/h2-4,7,12-13,16-17H,5-6,8-9H2,1H3/t12-,13+. The van der Waals surface area contributed by atoms with Crippen molar-refractivity contribution in [3.05, 3.63) is 35.4 Å². The van der Waals surface area contributed by atoms with Gasteiger partial charge in [0.25, 0.3) is 0 Å². The van der Waals surface area contributed by atoms with Crippen molar-refractivity contribution in [1.82, 2.24) is 4.90 Å². The highest BCUT2D eigenvalue weighted by atomic mass is 16.3. The second-order valence-electron chi connectivity index (χ2n) is 4.92. The van der Waals surface area contributed by atoms with Gasteiger partial charge in [-0.1, -0.05) is 29.8 Å². The molecule has 0 aliphatic carbocycles. The number of carbonyl (C=O) groups excluding carboxylic acids is 1. The van der Waals surface area contributed by atoms with E-state index in [0.717, 1.165) is 5.56 Å². The van der Waals surface area contributed by atoms with E-state index < -0.39 is 12.2 Å². The maximum absolute atomic E-state index is 11.9. The van der Waals surface area contributed by atoms with Gasteiger partial charge in [-0.05, 0) is 18.9 Å². The number of carbonyl (C=O) groups is 1. The molecule has 0 spiro atoms. The van der Waals surface area contributed by atoms with E-state index in [-0.39, 0.29) is 19.0 Å². The maximum atomic E-state index is 11.9. The molecule has 98 valence electrons. The Kier molecular flexibility index (Phi) is 3.99. The molecule has 1 aromatic carbocycles. The van der Waals surface area contributed by atoms with Crippen LogP contribution in [-0.4, -0.2) is 46.3 Å². The zero-order valence-electron chi connectivity index (χ0n) is 10.5. The molecule has 0 radical (unpaired) electrons. The van der Waals surface area contributed by atoms with Gasteiger partial charge in [-0.2, -0.15) is 0 Å². The molecule has 2 rings (SSSR count). The predicted molar refractivity (Wildman–Crippen MR) is 68.1 cm³/mol. The van der Waals surface area contributed by atoms with Crippen molar-refractivity contribution in [2.75, 3.05) is 13.1 Å². The second-order valence-corrected chi connectivity index (χ2v) is 4.92. The molecule has 4 nitrogen and oxygen atoms in total. The predicted octanol–water partition coefficient (Wildman–Crippen LogP) is 0.492. The molecule has 1 amide bonds. The molecule has 0 unspecified atom stereocenters. The summed E-state index contributed by atoms with van der Waals surface area (Å²) in [6, 6.07) is 8.09. The minimum absolute atomic E-state index is 0.00731. The molecular formula is C14H19NO3. The first-order valence-electron chi connectivity index (χ1n) is 6.25. The van der Waals surface area contributed by atoms with Crippen LogP contribution in [0, 0.1) is 6.92 Å². The first-order chi connectivity index (χ1) is 8.56. The fourth-order valence-corrected chi connectivity index (χ4v) is 2.25. The molecule has 2 atom stereocenters. The highest BCUT2D eigenvalue weighted by Crippen LogP contribution is 2.13. The van der Waals surface area contributed by atoms with E-state index in [1.165, 1.54) is 10.5 Å². The molecule has 0 bridgehead atoms. The van der Waals surface area contributed by atoms with Crippen molar-refractivity contribution in [3.8, 4) is 0 Å². The number of nitrogens with zero attached hydrogens (tertiary/aromatic N) is 1. The molecule has 1 heterocycles. The van der Waals surface area contributed by atoms with E-state index in [2.05, 4.69) is 6.07 Å². The minimum Gasteiger partial charge on any atom is -0.388 e. The summed E-state index contributed by atoms with van der Waals surface area (Å²) in [5, 5.41) is 18.8. The van der Waals surface area contributed by atoms with Crippen LogP contribution in [0.15, 0.2) is 24.3 Å². The van der Waals surface area contributed by atoms with Crippen molar-refractivity contribution in [2.24, 2.45) is 0 Å². The van der Waals surface area contributed by atoms with Crippen LogP contribution in [0.5, 0.6) is 0 Å². The second kappa shape index (κ2) is 5.50. The molecule has 0 aromatic heterocycles. The monoisotopic (exact) mass is 249 g/mol. The summed E-state index contributed by atoms with van der Waals surface area (Å²) in [5.41, 5.74) is 2.33. The van der Waals surface area contributed by atoms with Gasteiger partial charge in [0.2, 0.25) is 5.91 Å². The van der Waals surface area contributed by atoms with Crippen LogP contribution in [0.1, 0.15) is 17.5 Å². The number of aliphatic hydroxyl groups excluding tert-OH is 2. The first-order valence-corrected chi connectivity index (χ1v) is 6.25. The van der Waals surface area contributed by atoms with Crippen LogP contribution in [0.2, 0.25) is 0 Å². The third-order valence-electron chi connectivity index (χ3n) is 3.32. The van der Waals surface area contributed by atoms with Crippen LogP contribution in [0.3, 0.4) is 0 Å². The average Bonchev–Trinajstić information content (AvgIpc) is 2.67. The Bertz CT molecular complexity index is 423. The van der Waals surface area contributed by atoms with E-state index >= 15 is 0 Å². The smallest absolute Gasteiger partial charge is 0.223 e. The van der Waals surface area contributed by atoms with Gasteiger partial charge < -0.3 is 15.1 Å². The van der Waals surface area contributed by atoms with Gasteiger partial charge in [-0.3, -0.25) is 4.79 Å². The number of amides is 1. The quantitative estimate of drug-likeness (QED) is 0.819. The third kappa shape index (κ3) is 3.09. The minimum atomic E-state index is -0.798. The van der Waals surface area contributed by atoms with E-state index in [0.29, 0.717) is 12.8 Å². The number of rotatable bonds is 3. The average molecular weight is 249 g/mol. The van der Waals surface area contributed by atoms with Gasteiger partial charge in [-0.15, -0.1) is 0 Å². The fourth-order valence-electron chi connectivity index (χ4n) is 2.25. The number of hydrogen-bond donors (Lipinski definition) is 2. The third-order valence-corrected chi connectivity index (χ3v) is 3.32. The lowest BCUT2D eigenvalue weighted by atomic mass is 10.1. The summed E-state index contributed by atoms with van der Waals surface area (Å²) >= 11 is 0. The largest absolute Gasteiger partial charge is 0.388 e. The Morgan fingerprint density at radius 3 is 2.61 bits per heavy atom. The summed E-state index contributed by atoms with van der Waals surface area (Å²) < 4.78 is 0. The summed E-state index contributed by atoms with van der Waals surface area (Å²) in [6.45, 7) is 2.51. The molecule has 1 aromatic rings. The van der Waals surface area contributed by atoms with E-state index in [1.54, 1.807) is 0 Å².